The van der Waals surface area contributed by atoms with Gasteiger partial charge in [-0.2, -0.15) is 0 Å². The molecule has 0 spiro atoms. The molecule has 3 atom stereocenters. The van der Waals surface area contributed by atoms with Crippen LogP contribution >= 0.6 is 12.4 Å². The number of carbonyl (C=O) groups is 1. The number of unbranched alkanes of at least 4 members (excludes halogenated alkanes) is 1. The third kappa shape index (κ3) is 3.78. The summed E-state index contributed by atoms with van der Waals surface area (Å²) in [6.45, 7) is 8.14. The van der Waals surface area contributed by atoms with E-state index in [1.807, 2.05) is 0 Å². The van der Waals surface area contributed by atoms with Crippen molar-refractivity contribution in [1.29, 1.82) is 0 Å². The molecule has 27 heavy (non-hydrogen) atoms. The second kappa shape index (κ2) is 8.53. The predicted octanol–water partition coefficient (Wildman–Crippen LogP) is 5.18. The Morgan fingerprint density at radius 3 is 2.70 bits per heavy atom. The van der Waals surface area contributed by atoms with Gasteiger partial charge in [0, 0.05) is 24.3 Å². The van der Waals surface area contributed by atoms with E-state index in [1.165, 1.54) is 11.1 Å². The van der Waals surface area contributed by atoms with E-state index in [0.29, 0.717) is 11.8 Å². The lowest BCUT2D eigenvalue weighted by Crippen LogP contribution is -2.64. The number of likely N-dealkylation sites (tertiary alicyclic amines) is 1. The van der Waals surface area contributed by atoms with E-state index >= 15 is 0 Å². The van der Waals surface area contributed by atoms with Crippen LogP contribution in [0.5, 0.6) is 5.75 Å². The highest BCUT2D eigenvalue weighted by Gasteiger charge is 2.57. The van der Waals surface area contributed by atoms with Crippen LogP contribution in [0.25, 0.3) is 0 Å². The van der Waals surface area contributed by atoms with Crippen LogP contribution < -0.4 is 4.74 Å². The molecule has 0 N–H and O–H groups in total. The monoisotopic (exact) mass is 393 g/mol. The van der Waals surface area contributed by atoms with Crippen LogP contribution in [0.1, 0.15) is 70.4 Å². The van der Waals surface area contributed by atoms with Crippen LogP contribution in [0, 0.1) is 5.41 Å². The minimum absolute atomic E-state index is 0. The van der Waals surface area contributed by atoms with Crippen molar-refractivity contribution in [1.82, 2.24) is 4.90 Å². The molecule has 3 rings (SSSR count). The first kappa shape index (κ1) is 22.2. The molecule has 1 heterocycles. The van der Waals surface area contributed by atoms with Crippen LogP contribution in [0.4, 0.5) is 0 Å². The van der Waals surface area contributed by atoms with Gasteiger partial charge < -0.3 is 9.64 Å². The summed E-state index contributed by atoms with van der Waals surface area (Å²) in [5.74, 6) is 1.39. The van der Waals surface area contributed by atoms with Gasteiger partial charge in [0.05, 0.1) is 7.11 Å². The summed E-state index contributed by atoms with van der Waals surface area (Å²) in [6.07, 6.45) is 6.78. The van der Waals surface area contributed by atoms with E-state index < -0.39 is 0 Å². The van der Waals surface area contributed by atoms with E-state index in [2.05, 4.69) is 50.9 Å². The zero-order valence-electron chi connectivity index (χ0n) is 17.6. The Balaban J connectivity index is 0.00000261. The van der Waals surface area contributed by atoms with E-state index in [-0.39, 0.29) is 23.2 Å². The largest absolute Gasteiger partial charge is 0.497 e. The number of hydrogen-bond acceptors (Lipinski definition) is 3. The number of benzene rings is 1. The first-order chi connectivity index (χ1) is 12.4. The summed E-state index contributed by atoms with van der Waals surface area (Å²) in [5, 5.41) is 0. The van der Waals surface area contributed by atoms with Gasteiger partial charge in [0.15, 0.2) is 0 Å². The standard InChI is InChI=1S/C23H35NO2.ClH/c1-6-7-8-18(25)11-12-23(3)21-15-17-9-10-19(26-5)16-20(17)22(23,2)13-14-24(21)4;/h9-10,16,21H,6-8,11-15H2,1-5H3;1H/t21?,22-,23-;/m1./s1. The first-order valence-electron chi connectivity index (χ1n) is 10.2. The number of halogens is 1. The molecule has 1 unspecified atom stereocenters. The molecule has 4 heteroatoms. The first-order valence-corrected chi connectivity index (χ1v) is 10.2. The van der Waals surface area contributed by atoms with Crippen molar-refractivity contribution in [3.63, 3.8) is 0 Å². The average molecular weight is 394 g/mol. The number of hydrogen-bond donors (Lipinski definition) is 0. The summed E-state index contributed by atoms with van der Waals surface area (Å²) < 4.78 is 5.53. The number of methoxy groups -OCH3 is 1. The number of rotatable bonds is 7. The number of nitrogens with zero attached hydrogens (tertiary/aromatic N) is 1. The van der Waals surface area contributed by atoms with Gasteiger partial charge in [-0.1, -0.05) is 33.3 Å². The fourth-order valence-corrected chi connectivity index (χ4v) is 5.44. The van der Waals surface area contributed by atoms with Crippen molar-refractivity contribution in [2.75, 3.05) is 20.7 Å². The number of ether oxygens (including phenoxy) is 1. The minimum atomic E-state index is 0. The summed E-state index contributed by atoms with van der Waals surface area (Å²) in [7, 11) is 4.01. The van der Waals surface area contributed by atoms with E-state index in [0.717, 1.165) is 57.2 Å². The summed E-state index contributed by atoms with van der Waals surface area (Å²) in [6, 6.07) is 7.11. The second-order valence-electron chi connectivity index (χ2n) is 8.87. The minimum Gasteiger partial charge on any atom is -0.497 e. The molecule has 1 saturated heterocycles. The highest BCUT2D eigenvalue weighted by molar-refractivity contribution is 5.85. The fraction of sp³-hybridized carbons (Fsp3) is 0.696. The predicted molar refractivity (Wildman–Crippen MR) is 114 cm³/mol. The number of carbonyl (C=O) groups excluding carboxylic acids is 1. The Kier molecular flexibility index (Phi) is 7.02. The quantitative estimate of drug-likeness (QED) is 0.639. The smallest absolute Gasteiger partial charge is 0.132 e. The van der Waals surface area contributed by atoms with Gasteiger partial charge in [-0.15, -0.1) is 12.4 Å². The maximum atomic E-state index is 12.4. The van der Waals surface area contributed by atoms with Gasteiger partial charge in [-0.3, -0.25) is 4.79 Å². The van der Waals surface area contributed by atoms with E-state index in [1.54, 1.807) is 7.11 Å². The zero-order valence-corrected chi connectivity index (χ0v) is 18.5. The highest BCUT2D eigenvalue weighted by Crippen LogP contribution is 2.58. The molecule has 1 aliphatic carbocycles. The maximum absolute atomic E-state index is 12.4. The lowest BCUT2D eigenvalue weighted by molar-refractivity contribution is -0.121. The summed E-state index contributed by atoms with van der Waals surface area (Å²) in [5.41, 5.74) is 3.11. The van der Waals surface area contributed by atoms with Crippen molar-refractivity contribution in [2.24, 2.45) is 5.41 Å². The van der Waals surface area contributed by atoms with Gasteiger partial charge in [0.1, 0.15) is 11.5 Å². The molecule has 2 bridgehead atoms. The zero-order chi connectivity index (χ0) is 18.9. The molecule has 0 amide bonds. The van der Waals surface area contributed by atoms with Crippen molar-refractivity contribution < 1.29 is 9.53 Å². The van der Waals surface area contributed by atoms with Gasteiger partial charge in [-0.05, 0) is 68.0 Å². The second-order valence-corrected chi connectivity index (χ2v) is 8.87. The van der Waals surface area contributed by atoms with Crippen LogP contribution in [-0.2, 0) is 16.6 Å². The van der Waals surface area contributed by atoms with Crippen LogP contribution in [-0.4, -0.2) is 37.4 Å². The summed E-state index contributed by atoms with van der Waals surface area (Å²) >= 11 is 0. The lowest BCUT2D eigenvalue weighted by Gasteiger charge is -2.62. The number of ketones is 1. The highest BCUT2D eigenvalue weighted by atomic mass is 35.5. The normalized spacial score (nSPS) is 29.6. The molecular weight excluding hydrogens is 358 g/mol. The van der Waals surface area contributed by atoms with E-state index in [9.17, 15) is 4.79 Å². The van der Waals surface area contributed by atoms with Gasteiger partial charge in [0.25, 0.3) is 0 Å². The molecule has 0 aromatic heterocycles. The van der Waals surface area contributed by atoms with Crippen molar-refractivity contribution >= 4 is 18.2 Å². The molecular formula is C23H36ClNO2. The molecule has 0 radical (unpaired) electrons. The van der Waals surface area contributed by atoms with Crippen LogP contribution in [0.15, 0.2) is 18.2 Å². The molecule has 1 aromatic carbocycles. The van der Waals surface area contributed by atoms with E-state index in [4.69, 9.17) is 4.74 Å². The van der Waals surface area contributed by atoms with Crippen molar-refractivity contribution in [3.05, 3.63) is 29.3 Å². The summed E-state index contributed by atoms with van der Waals surface area (Å²) in [4.78, 5) is 14.9. The molecule has 0 saturated carbocycles. The Labute approximate surface area is 171 Å². The van der Waals surface area contributed by atoms with Gasteiger partial charge in [-0.25, -0.2) is 0 Å². The third-order valence-corrected chi connectivity index (χ3v) is 7.55. The Bertz CT molecular complexity index is 676. The molecule has 1 aromatic rings. The van der Waals surface area contributed by atoms with Crippen molar-refractivity contribution in [2.45, 2.75) is 77.2 Å². The number of fused-ring (bicyclic) bond motifs is 4. The average Bonchev–Trinajstić information content (AvgIpc) is 2.64. The molecule has 3 nitrogen and oxygen atoms in total. The third-order valence-electron chi connectivity index (χ3n) is 7.55. The fourth-order valence-electron chi connectivity index (χ4n) is 5.44. The van der Waals surface area contributed by atoms with Crippen molar-refractivity contribution in [3.8, 4) is 5.75 Å². The number of Topliss-reactive ketones (excluding diaryl/α,β-unsaturated/α-hetero) is 1. The Hall–Kier alpha value is -1.06. The molecule has 1 fully saturated rings. The number of likely N-dealkylation sites (N-methyl/N-ethyl adjacent to an activating group) is 1. The van der Waals surface area contributed by atoms with Gasteiger partial charge >= 0.3 is 0 Å². The molecule has 2 aliphatic rings. The topological polar surface area (TPSA) is 29.5 Å². The Morgan fingerprint density at radius 2 is 2.04 bits per heavy atom. The maximum Gasteiger partial charge on any atom is 0.132 e. The molecule has 1 aliphatic heterocycles. The number of piperidine rings is 1. The van der Waals surface area contributed by atoms with Crippen LogP contribution in [0.3, 0.4) is 0 Å². The molecule has 152 valence electrons. The van der Waals surface area contributed by atoms with Gasteiger partial charge in [0.2, 0.25) is 0 Å². The van der Waals surface area contributed by atoms with Crippen LogP contribution in [0.2, 0.25) is 0 Å². The Morgan fingerprint density at radius 1 is 1.30 bits per heavy atom. The SMILES string of the molecule is CCCCC(=O)CC[C@]1(C)C2Cc3ccc(OC)cc3[C@@]1(C)CCN2C.Cl. The lowest BCUT2D eigenvalue weighted by atomic mass is 9.49.